The summed E-state index contributed by atoms with van der Waals surface area (Å²) in [6.45, 7) is 4.39. The van der Waals surface area contributed by atoms with E-state index in [1.165, 1.54) is 15.4 Å². The Morgan fingerprint density at radius 3 is 2.54 bits per heavy atom. The molecule has 2 aliphatic rings. The molecular weight excluding hydrogens is 565 g/mol. The molecule has 3 aromatic rings. The number of halogens is 1. The lowest BCUT2D eigenvalue weighted by Gasteiger charge is -2.37. The summed E-state index contributed by atoms with van der Waals surface area (Å²) in [6, 6.07) is 10.4. The maximum atomic E-state index is 14.4. The molecule has 1 aromatic carbocycles. The highest BCUT2D eigenvalue weighted by molar-refractivity contribution is 8.26. The minimum atomic E-state index is -0.839. The van der Waals surface area contributed by atoms with Gasteiger partial charge in [0.1, 0.15) is 21.6 Å². The highest BCUT2D eigenvalue weighted by Gasteiger charge is 2.33. The van der Waals surface area contributed by atoms with Gasteiger partial charge in [-0.15, -0.1) is 0 Å². The number of rotatable bonds is 9. The van der Waals surface area contributed by atoms with Gasteiger partial charge in [-0.25, -0.2) is 9.37 Å². The first-order valence-electron chi connectivity index (χ1n) is 13.5. The lowest BCUT2D eigenvalue weighted by atomic mass is 10.1. The number of unbranched alkanes of at least 4 members (excludes halogenated alkanes) is 2. The largest absolute Gasteiger partial charge is 0.481 e. The van der Waals surface area contributed by atoms with Crippen molar-refractivity contribution in [1.82, 2.24) is 14.3 Å². The molecule has 0 radical (unpaired) electrons. The Kier molecular flexibility index (Phi) is 8.69. The van der Waals surface area contributed by atoms with Crippen LogP contribution in [0.25, 0.3) is 11.7 Å². The fraction of sp³-hybridized carbons (Fsp3) is 0.345. The SMILES string of the molecule is Cc1cccn2c(=O)c(/C=C3/SC(=S)N(CCCCCC(=O)O)C3=O)c(N3CCN(c4ccccc4F)CC3)nc12. The van der Waals surface area contributed by atoms with E-state index in [0.717, 1.165) is 17.3 Å². The fourth-order valence-corrected chi connectivity index (χ4v) is 6.37. The second kappa shape index (κ2) is 12.4. The standard InChI is InChI=1S/C29H30FN5O4S2/c1-19-8-7-13-34-25(19)31-26(33-16-14-32(15-17-33)22-10-5-4-9-21(22)30)20(27(34)38)18-23-28(39)35(29(40)41-23)12-6-2-3-11-24(36)37/h4-5,7-10,13,18H,2-3,6,11-12,14-17H2,1H3,(H,36,37)/b23-18+. The number of fused-ring (bicyclic) bond motifs is 1. The highest BCUT2D eigenvalue weighted by Crippen LogP contribution is 2.34. The maximum Gasteiger partial charge on any atom is 0.303 e. The second-order valence-corrected chi connectivity index (χ2v) is 11.7. The number of hydrogen-bond donors (Lipinski definition) is 1. The van der Waals surface area contributed by atoms with Crippen LogP contribution in [0.15, 0.2) is 52.3 Å². The number of amides is 1. The fourth-order valence-electron chi connectivity index (χ4n) is 5.08. The van der Waals surface area contributed by atoms with Crippen LogP contribution < -0.4 is 15.4 Å². The molecule has 4 heterocycles. The number of aromatic nitrogens is 2. The average Bonchev–Trinajstić information content (AvgIpc) is 3.22. The second-order valence-electron chi connectivity index (χ2n) is 10.0. The molecule has 1 N–H and O–H groups in total. The van der Waals surface area contributed by atoms with Gasteiger partial charge < -0.3 is 14.9 Å². The number of nitrogens with zero attached hydrogens (tertiary/aromatic N) is 5. The van der Waals surface area contributed by atoms with Crippen molar-refractivity contribution in [3.63, 3.8) is 0 Å². The molecule has 214 valence electrons. The molecule has 12 heteroatoms. The number of carbonyl (C=O) groups is 2. The number of thioether (sulfide) groups is 1. The summed E-state index contributed by atoms with van der Waals surface area (Å²) in [5.74, 6) is -0.907. The molecule has 0 atom stereocenters. The summed E-state index contributed by atoms with van der Waals surface area (Å²) >= 11 is 6.62. The van der Waals surface area contributed by atoms with E-state index in [9.17, 15) is 18.8 Å². The van der Waals surface area contributed by atoms with Gasteiger partial charge in [-0.2, -0.15) is 0 Å². The van der Waals surface area contributed by atoms with E-state index in [2.05, 4.69) is 0 Å². The van der Waals surface area contributed by atoms with Crippen molar-refractivity contribution < 1.29 is 19.1 Å². The Bertz CT molecular complexity index is 1600. The van der Waals surface area contributed by atoms with E-state index in [0.29, 0.717) is 83.9 Å². The number of hydrogen-bond acceptors (Lipinski definition) is 8. The number of anilines is 2. The van der Waals surface area contributed by atoms with Crippen LogP contribution in [-0.2, 0) is 9.59 Å². The number of benzene rings is 1. The Morgan fingerprint density at radius 2 is 1.80 bits per heavy atom. The molecule has 2 saturated heterocycles. The maximum absolute atomic E-state index is 14.4. The van der Waals surface area contributed by atoms with Gasteiger partial charge in [-0.3, -0.25) is 23.7 Å². The molecule has 0 bridgehead atoms. The van der Waals surface area contributed by atoms with Crippen molar-refractivity contribution in [2.24, 2.45) is 0 Å². The number of carboxylic acids is 1. The van der Waals surface area contributed by atoms with Crippen LogP contribution in [0.2, 0.25) is 0 Å². The van der Waals surface area contributed by atoms with Crippen LogP contribution >= 0.6 is 24.0 Å². The Morgan fingerprint density at radius 1 is 1.07 bits per heavy atom. The summed E-state index contributed by atoms with van der Waals surface area (Å²) in [7, 11) is 0. The van der Waals surface area contributed by atoms with Crippen molar-refractivity contribution in [3.8, 4) is 0 Å². The van der Waals surface area contributed by atoms with Gasteiger partial charge in [0.05, 0.1) is 16.2 Å². The van der Waals surface area contributed by atoms with Crippen LogP contribution in [0.3, 0.4) is 0 Å². The van der Waals surface area contributed by atoms with Crippen molar-refractivity contribution in [1.29, 1.82) is 0 Å². The number of thiocarbonyl (C=S) groups is 1. The van der Waals surface area contributed by atoms with Gasteiger partial charge in [-0.05, 0) is 49.6 Å². The third kappa shape index (κ3) is 6.13. The monoisotopic (exact) mass is 595 g/mol. The molecule has 0 saturated carbocycles. The summed E-state index contributed by atoms with van der Waals surface area (Å²) in [6.07, 6.45) is 5.18. The number of para-hydroxylation sites is 1. The van der Waals surface area contributed by atoms with Gasteiger partial charge in [0, 0.05) is 45.3 Å². The number of pyridine rings is 1. The third-order valence-corrected chi connectivity index (χ3v) is 8.64. The predicted molar refractivity (Wildman–Crippen MR) is 163 cm³/mol. The molecule has 9 nitrogen and oxygen atoms in total. The molecule has 1 amide bonds. The molecule has 5 rings (SSSR count). The van der Waals surface area contributed by atoms with E-state index in [1.54, 1.807) is 30.5 Å². The van der Waals surface area contributed by atoms with Crippen molar-refractivity contribution in [3.05, 3.63) is 74.8 Å². The zero-order valence-electron chi connectivity index (χ0n) is 22.6. The van der Waals surface area contributed by atoms with Crippen molar-refractivity contribution >= 4 is 63.4 Å². The quantitative estimate of drug-likeness (QED) is 0.220. The summed E-state index contributed by atoms with van der Waals surface area (Å²) in [4.78, 5) is 48.6. The summed E-state index contributed by atoms with van der Waals surface area (Å²) < 4.78 is 16.3. The minimum Gasteiger partial charge on any atom is -0.481 e. The normalized spacial score (nSPS) is 16.8. The lowest BCUT2D eigenvalue weighted by molar-refractivity contribution is -0.137. The first-order chi connectivity index (χ1) is 19.7. The highest BCUT2D eigenvalue weighted by atomic mass is 32.2. The third-order valence-electron chi connectivity index (χ3n) is 7.26. The van der Waals surface area contributed by atoms with Gasteiger partial charge in [0.2, 0.25) is 0 Å². The summed E-state index contributed by atoms with van der Waals surface area (Å²) in [5.41, 5.74) is 1.94. The molecule has 2 fully saturated rings. The zero-order chi connectivity index (χ0) is 29.1. The zero-order valence-corrected chi connectivity index (χ0v) is 24.2. The van der Waals surface area contributed by atoms with E-state index >= 15 is 0 Å². The summed E-state index contributed by atoms with van der Waals surface area (Å²) in [5, 5.41) is 8.83. The van der Waals surface area contributed by atoms with Crippen LogP contribution in [0.5, 0.6) is 0 Å². The van der Waals surface area contributed by atoms with E-state index in [4.69, 9.17) is 22.3 Å². The van der Waals surface area contributed by atoms with Gasteiger partial charge in [-0.1, -0.05) is 48.6 Å². The number of piperazine rings is 1. The van der Waals surface area contributed by atoms with Gasteiger partial charge in [0.25, 0.3) is 11.5 Å². The number of carboxylic acid groups (broad SMARTS) is 1. The molecule has 0 spiro atoms. The predicted octanol–water partition coefficient (Wildman–Crippen LogP) is 4.31. The van der Waals surface area contributed by atoms with E-state index < -0.39 is 5.97 Å². The first-order valence-corrected chi connectivity index (χ1v) is 14.7. The lowest BCUT2D eigenvalue weighted by Crippen LogP contribution is -2.47. The first kappa shape index (κ1) is 28.7. The van der Waals surface area contributed by atoms with Crippen LogP contribution in [0.1, 0.15) is 36.8 Å². The Hall–Kier alpha value is -3.77. The topological polar surface area (TPSA) is 98.5 Å². The van der Waals surface area contributed by atoms with E-state index in [-0.39, 0.29) is 23.7 Å². The smallest absolute Gasteiger partial charge is 0.303 e. The molecule has 0 aliphatic carbocycles. The molecule has 2 aliphatic heterocycles. The average molecular weight is 596 g/mol. The molecule has 0 unspecified atom stereocenters. The van der Waals surface area contributed by atoms with Crippen molar-refractivity contribution in [2.45, 2.75) is 32.6 Å². The van der Waals surface area contributed by atoms with Crippen LogP contribution in [-0.4, -0.2) is 68.3 Å². The van der Waals surface area contributed by atoms with Gasteiger partial charge >= 0.3 is 5.97 Å². The van der Waals surface area contributed by atoms with Crippen LogP contribution in [0.4, 0.5) is 15.9 Å². The Balaban J connectivity index is 1.43. The number of carbonyl (C=O) groups excluding carboxylic acids is 1. The molecule has 41 heavy (non-hydrogen) atoms. The van der Waals surface area contributed by atoms with Crippen LogP contribution in [0, 0.1) is 12.7 Å². The van der Waals surface area contributed by atoms with Crippen molar-refractivity contribution in [2.75, 3.05) is 42.5 Å². The molecule has 2 aromatic heterocycles. The Labute approximate surface area is 246 Å². The number of aliphatic carboxylic acids is 1. The minimum absolute atomic E-state index is 0.0913. The van der Waals surface area contributed by atoms with E-state index in [1.807, 2.05) is 28.9 Å². The van der Waals surface area contributed by atoms with Gasteiger partial charge in [0.15, 0.2) is 0 Å². The number of aryl methyl sites for hydroxylation is 1. The molecular formula is C29H30FN5O4S2.